The van der Waals surface area contributed by atoms with E-state index in [1.807, 2.05) is 0 Å². The number of benzene rings is 1. The van der Waals surface area contributed by atoms with Gasteiger partial charge in [-0.05, 0) is 42.9 Å². The summed E-state index contributed by atoms with van der Waals surface area (Å²) in [4.78, 5) is 0. The number of hydrogen-bond donors (Lipinski definition) is 1. The molecule has 2 rings (SSSR count). The SMILES string of the molecule is CC(NCCC#N)c1ccc(C2CCCCC2)c(Cl)c1. The van der Waals surface area contributed by atoms with Gasteiger partial charge in [-0.25, -0.2) is 0 Å². The average molecular weight is 291 g/mol. The van der Waals surface area contributed by atoms with Crippen LogP contribution >= 0.6 is 11.6 Å². The summed E-state index contributed by atoms with van der Waals surface area (Å²) in [5, 5.41) is 12.8. The molecule has 0 saturated heterocycles. The average Bonchev–Trinajstić information content (AvgIpc) is 2.48. The Morgan fingerprint density at radius 1 is 1.35 bits per heavy atom. The highest BCUT2D eigenvalue weighted by Gasteiger charge is 2.18. The van der Waals surface area contributed by atoms with Gasteiger partial charge in [-0.2, -0.15) is 5.26 Å². The third kappa shape index (κ3) is 3.98. The van der Waals surface area contributed by atoms with Gasteiger partial charge in [-0.3, -0.25) is 0 Å². The molecule has 0 aromatic heterocycles. The van der Waals surface area contributed by atoms with E-state index in [9.17, 15) is 0 Å². The summed E-state index contributed by atoms with van der Waals surface area (Å²) in [5.41, 5.74) is 2.52. The van der Waals surface area contributed by atoms with Gasteiger partial charge >= 0.3 is 0 Å². The van der Waals surface area contributed by atoms with Gasteiger partial charge in [0.15, 0.2) is 0 Å². The number of nitrogens with zero attached hydrogens (tertiary/aromatic N) is 1. The predicted octanol–water partition coefficient (Wildman–Crippen LogP) is 4.95. The maximum atomic E-state index is 8.56. The van der Waals surface area contributed by atoms with Crippen molar-refractivity contribution in [1.29, 1.82) is 5.26 Å². The highest BCUT2D eigenvalue weighted by Crippen LogP contribution is 2.37. The molecule has 1 atom stereocenters. The summed E-state index contributed by atoms with van der Waals surface area (Å²) in [7, 11) is 0. The van der Waals surface area contributed by atoms with Crippen LogP contribution in [0.1, 0.15) is 68.5 Å². The fraction of sp³-hybridized carbons (Fsp3) is 0.588. The smallest absolute Gasteiger partial charge is 0.0635 e. The summed E-state index contributed by atoms with van der Waals surface area (Å²) in [6.45, 7) is 2.84. The second kappa shape index (κ2) is 7.67. The molecule has 20 heavy (non-hydrogen) atoms. The Morgan fingerprint density at radius 2 is 2.10 bits per heavy atom. The summed E-state index contributed by atoms with van der Waals surface area (Å²) in [6.07, 6.45) is 7.11. The van der Waals surface area contributed by atoms with E-state index < -0.39 is 0 Å². The summed E-state index contributed by atoms with van der Waals surface area (Å²) in [6, 6.07) is 8.86. The normalized spacial score (nSPS) is 17.6. The predicted molar refractivity (Wildman–Crippen MR) is 83.9 cm³/mol. The molecule has 0 radical (unpaired) electrons. The zero-order valence-electron chi connectivity index (χ0n) is 12.2. The van der Waals surface area contributed by atoms with E-state index in [4.69, 9.17) is 16.9 Å². The van der Waals surface area contributed by atoms with Gasteiger partial charge in [-0.1, -0.05) is 43.0 Å². The van der Waals surface area contributed by atoms with Crippen LogP contribution in [-0.2, 0) is 0 Å². The molecule has 1 aromatic rings. The molecule has 0 spiro atoms. The van der Waals surface area contributed by atoms with Gasteiger partial charge in [0.2, 0.25) is 0 Å². The molecule has 1 N–H and O–H groups in total. The monoisotopic (exact) mass is 290 g/mol. The quantitative estimate of drug-likeness (QED) is 0.779. The van der Waals surface area contributed by atoms with Crippen molar-refractivity contribution in [3.8, 4) is 6.07 Å². The van der Waals surface area contributed by atoms with Gasteiger partial charge in [-0.15, -0.1) is 0 Å². The van der Waals surface area contributed by atoms with Crippen molar-refractivity contribution < 1.29 is 0 Å². The van der Waals surface area contributed by atoms with Crippen molar-refractivity contribution in [2.24, 2.45) is 0 Å². The first-order valence-corrected chi connectivity index (χ1v) is 8.00. The molecule has 1 unspecified atom stereocenters. The van der Waals surface area contributed by atoms with E-state index in [0.29, 0.717) is 12.3 Å². The third-order valence-corrected chi connectivity index (χ3v) is 4.58. The number of rotatable bonds is 5. The third-order valence-electron chi connectivity index (χ3n) is 4.26. The van der Waals surface area contributed by atoms with E-state index in [-0.39, 0.29) is 6.04 Å². The molecule has 1 aliphatic carbocycles. The Labute approximate surface area is 127 Å². The highest BCUT2D eigenvalue weighted by atomic mass is 35.5. The summed E-state index contributed by atoms with van der Waals surface area (Å²) in [5.74, 6) is 0.646. The van der Waals surface area contributed by atoms with Crippen LogP contribution in [0, 0.1) is 11.3 Å². The fourth-order valence-corrected chi connectivity index (χ4v) is 3.36. The molecule has 1 aliphatic rings. The van der Waals surface area contributed by atoms with Gasteiger partial charge in [0, 0.05) is 24.0 Å². The Balaban J connectivity index is 2.03. The standard InChI is InChI=1S/C17H23ClN2/c1-13(20-11-5-10-19)15-8-9-16(17(18)12-15)14-6-3-2-4-7-14/h8-9,12-14,20H,2-7,11H2,1H3. The Morgan fingerprint density at radius 3 is 2.75 bits per heavy atom. The maximum absolute atomic E-state index is 8.56. The van der Waals surface area contributed by atoms with Crippen LogP contribution < -0.4 is 5.32 Å². The first-order valence-electron chi connectivity index (χ1n) is 7.62. The van der Waals surface area contributed by atoms with Gasteiger partial charge in [0.05, 0.1) is 6.07 Å². The van der Waals surface area contributed by atoms with Crippen LogP contribution in [0.25, 0.3) is 0 Å². The Hall–Kier alpha value is -1.04. The van der Waals surface area contributed by atoms with E-state index >= 15 is 0 Å². The van der Waals surface area contributed by atoms with E-state index in [1.165, 1.54) is 43.2 Å². The molecule has 0 bridgehead atoms. The zero-order chi connectivity index (χ0) is 14.4. The summed E-state index contributed by atoms with van der Waals surface area (Å²) >= 11 is 6.49. The van der Waals surface area contributed by atoms with E-state index in [0.717, 1.165) is 11.6 Å². The molecule has 2 nitrogen and oxygen atoms in total. The van der Waals surface area contributed by atoms with E-state index in [2.05, 4.69) is 36.5 Å². The molecule has 1 aromatic carbocycles. The van der Waals surface area contributed by atoms with Gasteiger partial charge < -0.3 is 5.32 Å². The van der Waals surface area contributed by atoms with Crippen molar-refractivity contribution in [3.05, 3.63) is 34.3 Å². The lowest BCUT2D eigenvalue weighted by molar-refractivity contribution is 0.443. The van der Waals surface area contributed by atoms with Crippen LogP contribution in [0.3, 0.4) is 0 Å². The van der Waals surface area contributed by atoms with Crippen molar-refractivity contribution in [1.82, 2.24) is 5.32 Å². The second-order valence-electron chi connectivity index (χ2n) is 5.70. The van der Waals surface area contributed by atoms with Crippen molar-refractivity contribution in [3.63, 3.8) is 0 Å². The fourth-order valence-electron chi connectivity index (χ4n) is 3.02. The topological polar surface area (TPSA) is 35.8 Å². The molecule has 1 saturated carbocycles. The number of nitriles is 1. The van der Waals surface area contributed by atoms with Crippen LogP contribution in [0.2, 0.25) is 5.02 Å². The lowest BCUT2D eigenvalue weighted by atomic mass is 9.83. The van der Waals surface area contributed by atoms with E-state index in [1.54, 1.807) is 0 Å². The lowest BCUT2D eigenvalue weighted by Gasteiger charge is -2.24. The zero-order valence-corrected chi connectivity index (χ0v) is 12.9. The molecule has 0 heterocycles. The van der Waals surface area contributed by atoms with Crippen LogP contribution in [-0.4, -0.2) is 6.54 Å². The largest absolute Gasteiger partial charge is 0.309 e. The molecule has 1 fully saturated rings. The molecule has 0 amide bonds. The van der Waals surface area contributed by atoms with Gasteiger partial charge in [0.25, 0.3) is 0 Å². The molecular formula is C17H23ClN2. The first kappa shape index (κ1) is 15.4. The van der Waals surface area contributed by atoms with Crippen molar-refractivity contribution >= 4 is 11.6 Å². The first-order chi connectivity index (χ1) is 9.72. The maximum Gasteiger partial charge on any atom is 0.0635 e. The van der Waals surface area contributed by atoms with Crippen molar-refractivity contribution in [2.45, 2.75) is 57.4 Å². The minimum atomic E-state index is 0.237. The molecule has 0 aliphatic heterocycles. The molecule has 3 heteroatoms. The summed E-state index contributed by atoms with van der Waals surface area (Å²) < 4.78 is 0. The van der Waals surface area contributed by atoms with Crippen LogP contribution in [0.4, 0.5) is 0 Å². The minimum absolute atomic E-state index is 0.237. The van der Waals surface area contributed by atoms with Crippen molar-refractivity contribution in [2.75, 3.05) is 6.54 Å². The second-order valence-corrected chi connectivity index (χ2v) is 6.11. The van der Waals surface area contributed by atoms with Crippen LogP contribution in [0.5, 0.6) is 0 Å². The minimum Gasteiger partial charge on any atom is -0.309 e. The lowest BCUT2D eigenvalue weighted by Crippen LogP contribution is -2.19. The number of halogens is 1. The van der Waals surface area contributed by atoms with Crippen LogP contribution in [0.15, 0.2) is 18.2 Å². The Bertz CT molecular complexity index is 472. The molecule has 108 valence electrons. The highest BCUT2D eigenvalue weighted by molar-refractivity contribution is 6.31. The molecular weight excluding hydrogens is 268 g/mol. The number of hydrogen-bond acceptors (Lipinski definition) is 2. The van der Waals surface area contributed by atoms with Gasteiger partial charge in [0.1, 0.15) is 0 Å². The number of nitrogens with one attached hydrogen (secondary N) is 1. The Kier molecular flexibility index (Phi) is 5.88.